The first-order valence-corrected chi connectivity index (χ1v) is 9.58. The Morgan fingerprint density at radius 1 is 1.07 bits per heavy atom. The van der Waals surface area contributed by atoms with Crippen LogP contribution in [-0.2, 0) is 20.9 Å². The number of piperazine rings is 1. The number of nitrogens with one attached hydrogen (secondary N) is 1. The number of carbonyl (C=O) groups excluding carboxylic acids is 3. The van der Waals surface area contributed by atoms with Crippen LogP contribution in [0.1, 0.15) is 25.3 Å². The van der Waals surface area contributed by atoms with Crippen molar-refractivity contribution in [3.05, 3.63) is 34.9 Å². The van der Waals surface area contributed by atoms with Crippen LogP contribution in [0.15, 0.2) is 24.3 Å². The van der Waals surface area contributed by atoms with Crippen molar-refractivity contribution in [1.82, 2.24) is 15.1 Å². The van der Waals surface area contributed by atoms with Crippen LogP contribution in [0.4, 0.5) is 4.79 Å². The minimum absolute atomic E-state index is 0.139. The lowest BCUT2D eigenvalue weighted by molar-refractivity contribution is -0.145. The summed E-state index contributed by atoms with van der Waals surface area (Å²) in [5.41, 5.74) is -0.0162. The van der Waals surface area contributed by atoms with Gasteiger partial charge >= 0.3 is 6.09 Å². The van der Waals surface area contributed by atoms with Crippen LogP contribution in [0.2, 0.25) is 5.02 Å². The zero-order valence-electron chi connectivity index (χ0n) is 15.4. The minimum atomic E-state index is -0.946. The average molecular weight is 394 g/mol. The molecule has 0 spiro atoms. The van der Waals surface area contributed by atoms with E-state index in [1.807, 2.05) is 12.1 Å². The Kier molecular flexibility index (Phi) is 5.89. The molecule has 146 valence electrons. The molecule has 1 aromatic carbocycles. The first-order valence-electron chi connectivity index (χ1n) is 9.20. The lowest BCUT2D eigenvalue weighted by atomic mass is 10.0. The van der Waals surface area contributed by atoms with E-state index in [9.17, 15) is 14.4 Å². The van der Waals surface area contributed by atoms with E-state index < -0.39 is 5.41 Å². The Hall–Kier alpha value is -2.28. The Labute approximate surface area is 163 Å². The van der Waals surface area contributed by atoms with E-state index in [1.54, 1.807) is 28.9 Å². The summed E-state index contributed by atoms with van der Waals surface area (Å²) in [5, 5.41) is 3.51. The number of rotatable bonds is 5. The topological polar surface area (TPSA) is 79.0 Å². The van der Waals surface area contributed by atoms with Crippen molar-refractivity contribution in [2.75, 3.05) is 32.8 Å². The maximum atomic E-state index is 12.9. The highest BCUT2D eigenvalue weighted by molar-refractivity contribution is 6.30. The van der Waals surface area contributed by atoms with Crippen molar-refractivity contribution in [2.24, 2.45) is 5.41 Å². The molecule has 0 radical (unpaired) electrons. The molecule has 3 rings (SSSR count). The number of halogens is 1. The van der Waals surface area contributed by atoms with E-state index in [0.29, 0.717) is 57.2 Å². The molecule has 3 amide bonds. The molecule has 2 fully saturated rings. The molecule has 1 aliphatic carbocycles. The maximum absolute atomic E-state index is 12.9. The van der Waals surface area contributed by atoms with E-state index in [0.717, 1.165) is 5.56 Å². The molecule has 1 aromatic rings. The zero-order chi connectivity index (χ0) is 19.4. The molecule has 0 bridgehead atoms. The molecule has 1 aliphatic heterocycles. The van der Waals surface area contributed by atoms with Gasteiger partial charge in [0, 0.05) is 37.7 Å². The Morgan fingerprint density at radius 3 is 2.22 bits per heavy atom. The molecule has 27 heavy (non-hydrogen) atoms. The number of ether oxygens (including phenoxy) is 1. The van der Waals surface area contributed by atoms with Crippen molar-refractivity contribution in [2.45, 2.75) is 26.3 Å². The van der Waals surface area contributed by atoms with E-state index >= 15 is 0 Å². The second kappa shape index (κ2) is 8.17. The van der Waals surface area contributed by atoms with E-state index in [-0.39, 0.29) is 17.9 Å². The van der Waals surface area contributed by atoms with Gasteiger partial charge in [0.25, 0.3) is 0 Å². The predicted octanol–water partition coefficient (Wildman–Crippen LogP) is 2.04. The standard InChI is InChI=1S/C19H24ClN3O4/c1-2-27-18(26)23-11-9-22(10-12-23)17(25)19(7-8-19)16(24)21-13-14-3-5-15(20)6-4-14/h3-6H,2,7-13H2,1H3,(H,21,24). The molecule has 7 nitrogen and oxygen atoms in total. The van der Waals surface area contributed by atoms with Crippen LogP contribution in [-0.4, -0.2) is 60.5 Å². The van der Waals surface area contributed by atoms with E-state index in [1.165, 1.54) is 0 Å². The molecule has 1 heterocycles. The SMILES string of the molecule is CCOC(=O)N1CCN(C(=O)C2(C(=O)NCc3ccc(Cl)cc3)CC2)CC1. The maximum Gasteiger partial charge on any atom is 0.409 e. The highest BCUT2D eigenvalue weighted by Crippen LogP contribution is 2.47. The molecule has 1 saturated carbocycles. The Balaban J connectivity index is 1.52. The fraction of sp³-hybridized carbons (Fsp3) is 0.526. The van der Waals surface area contributed by atoms with Crippen LogP contribution in [0.25, 0.3) is 0 Å². The van der Waals surface area contributed by atoms with Crippen LogP contribution in [0.3, 0.4) is 0 Å². The van der Waals surface area contributed by atoms with Crippen molar-refractivity contribution < 1.29 is 19.1 Å². The van der Waals surface area contributed by atoms with Gasteiger partial charge in [0.05, 0.1) is 6.61 Å². The largest absolute Gasteiger partial charge is 0.450 e. The van der Waals surface area contributed by atoms with Gasteiger partial charge < -0.3 is 19.9 Å². The lowest BCUT2D eigenvalue weighted by Gasteiger charge is -2.35. The zero-order valence-corrected chi connectivity index (χ0v) is 16.1. The van der Waals surface area contributed by atoms with Crippen molar-refractivity contribution in [3.63, 3.8) is 0 Å². The molecule has 0 atom stereocenters. The summed E-state index contributed by atoms with van der Waals surface area (Å²) in [6, 6.07) is 7.23. The summed E-state index contributed by atoms with van der Waals surface area (Å²) in [5.74, 6) is -0.366. The van der Waals surface area contributed by atoms with Gasteiger partial charge in [-0.05, 0) is 37.5 Å². The molecule has 1 saturated heterocycles. The smallest absolute Gasteiger partial charge is 0.409 e. The number of hydrogen-bond acceptors (Lipinski definition) is 4. The molecular formula is C19H24ClN3O4. The van der Waals surface area contributed by atoms with Crippen LogP contribution in [0, 0.1) is 5.41 Å². The van der Waals surface area contributed by atoms with Gasteiger partial charge in [0.15, 0.2) is 0 Å². The Morgan fingerprint density at radius 2 is 1.67 bits per heavy atom. The van der Waals surface area contributed by atoms with Crippen molar-refractivity contribution in [3.8, 4) is 0 Å². The molecular weight excluding hydrogens is 370 g/mol. The summed E-state index contributed by atoms with van der Waals surface area (Å²) < 4.78 is 4.99. The number of carbonyl (C=O) groups is 3. The van der Waals surface area contributed by atoms with E-state index in [4.69, 9.17) is 16.3 Å². The quantitative estimate of drug-likeness (QED) is 0.776. The monoisotopic (exact) mass is 393 g/mol. The summed E-state index contributed by atoms with van der Waals surface area (Å²) in [6.07, 6.45) is 0.777. The Bertz CT molecular complexity index is 710. The second-order valence-electron chi connectivity index (χ2n) is 6.87. The summed E-state index contributed by atoms with van der Waals surface area (Å²) >= 11 is 5.86. The van der Waals surface area contributed by atoms with Crippen LogP contribution < -0.4 is 5.32 Å². The molecule has 0 unspecified atom stereocenters. The highest BCUT2D eigenvalue weighted by atomic mass is 35.5. The summed E-state index contributed by atoms with van der Waals surface area (Å²) in [4.78, 5) is 40.6. The lowest BCUT2D eigenvalue weighted by Crippen LogP contribution is -2.54. The first-order chi connectivity index (χ1) is 13.0. The summed E-state index contributed by atoms with van der Waals surface area (Å²) in [7, 11) is 0. The average Bonchev–Trinajstić information content (AvgIpc) is 3.49. The van der Waals surface area contributed by atoms with Crippen molar-refractivity contribution >= 4 is 29.5 Å². The van der Waals surface area contributed by atoms with Gasteiger partial charge in [-0.2, -0.15) is 0 Å². The number of hydrogen-bond donors (Lipinski definition) is 1. The minimum Gasteiger partial charge on any atom is -0.450 e. The van der Waals surface area contributed by atoms with Gasteiger partial charge in [0.1, 0.15) is 5.41 Å². The van der Waals surface area contributed by atoms with Crippen LogP contribution >= 0.6 is 11.6 Å². The fourth-order valence-corrected chi connectivity index (χ4v) is 3.35. The third kappa shape index (κ3) is 4.35. The molecule has 8 heteroatoms. The van der Waals surface area contributed by atoms with Gasteiger partial charge in [0.2, 0.25) is 11.8 Å². The fourth-order valence-electron chi connectivity index (χ4n) is 3.23. The normalized spacial score (nSPS) is 18.0. The number of nitrogens with zero attached hydrogens (tertiary/aromatic N) is 2. The number of amides is 3. The van der Waals surface area contributed by atoms with Crippen molar-refractivity contribution in [1.29, 1.82) is 0 Å². The van der Waals surface area contributed by atoms with Gasteiger partial charge in [-0.1, -0.05) is 23.7 Å². The first kappa shape index (κ1) is 19.5. The number of benzene rings is 1. The van der Waals surface area contributed by atoms with Gasteiger partial charge in [-0.25, -0.2) is 4.79 Å². The molecule has 0 aromatic heterocycles. The molecule has 1 N–H and O–H groups in total. The molecule has 2 aliphatic rings. The highest BCUT2D eigenvalue weighted by Gasteiger charge is 2.58. The van der Waals surface area contributed by atoms with Gasteiger partial charge in [-0.15, -0.1) is 0 Å². The van der Waals surface area contributed by atoms with Crippen LogP contribution in [0.5, 0.6) is 0 Å². The second-order valence-corrected chi connectivity index (χ2v) is 7.31. The van der Waals surface area contributed by atoms with Gasteiger partial charge in [-0.3, -0.25) is 9.59 Å². The summed E-state index contributed by atoms with van der Waals surface area (Å²) in [6.45, 7) is 4.14. The third-order valence-corrected chi connectivity index (χ3v) is 5.31. The third-order valence-electron chi connectivity index (χ3n) is 5.05. The van der Waals surface area contributed by atoms with E-state index in [2.05, 4.69) is 5.32 Å². The predicted molar refractivity (Wildman–Crippen MR) is 100 cm³/mol.